The first-order valence-electron chi connectivity index (χ1n) is 18.7. The number of hydrogen-bond acceptors (Lipinski definition) is 7. The number of esters is 2. The molecule has 3 unspecified atom stereocenters. The first-order chi connectivity index (χ1) is 25.9. The molecule has 0 bridgehead atoms. The molecule has 0 aliphatic heterocycles. The SMILES string of the molecule is C=C(C)c1cc(Cc2c(C)cc(OCP(=O)(N[C@@H](Cc3ccccc3)C(=O)OCCC)NC3(C(=O)OCCC)CC3c3ccccc3)cc2C)ccc1O. The van der Waals surface area contributed by atoms with Crippen molar-refractivity contribution in [1.29, 1.82) is 0 Å². The lowest BCUT2D eigenvalue weighted by atomic mass is 9.94. The minimum absolute atomic E-state index is 0.196. The van der Waals surface area contributed by atoms with Crippen LogP contribution < -0.4 is 14.9 Å². The molecule has 286 valence electrons. The van der Waals surface area contributed by atoms with Crippen molar-refractivity contribution >= 4 is 25.0 Å². The summed E-state index contributed by atoms with van der Waals surface area (Å²) < 4.78 is 33.0. The third-order valence-electron chi connectivity index (χ3n) is 9.71. The lowest BCUT2D eigenvalue weighted by Crippen LogP contribution is -2.48. The second-order valence-electron chi connectivity index (χ2n) is 14.3. The summed E-state index contributed by atoms with van der Waals surface area (Å²) in [5.74, 6) is -0.639. The molecule has 0 radical (unpaired) electrons. The lowest BCUT2D eigenvalue weighted by Gasteiger charge is -2.30. The summed E-state index contributed by atoms with van der Waals surface area (Å²) in [6, 6.07) is 27.4. The van der Waals surface area contributed by atoms with Crippen LogP contribution in [0.3, 0.4) is 0 Å². The molecule has 0 amide bonds. The highest BCUT2D eigenvalue weighted by atomic mass is 31.2. The number of carbonyl (C=O) groups excluding carboxylic acids is 2. The van der Waals surface area contributed by atoms with Crippen LogP contribution in [-0.4, -0.2) is 48.2 Å². The van der Waals surface area contributed by atoms with E-state index >= 15 is 4.57 Å². The molecule has 4 atom stereocenters. The highest BCUT2D eigenvalue weighted by Gasteiger charge is 2.64. The molecule has 9 nitrogen and oxygen atoms in total. The molecule has 10 heteroatoms. The summed E-state index contributed by atoms with van der Waals surface area (Å²) >= 11 is 0. The van der Waals surface area contributed by atoms with Gasteiger partial charge in [0.05, 0.1) is 13.2 Å². The van der Waals surface area contributed by atoms with E-state index in [2.05, 4.69) is 16.8 Å². The largest absolute Gasteiger partial charge is 0.507 e. The third-order valence-corrected chi connectivity index (χ3v) is 11.7. The Bertz CT molecular complexity index is 1960. The number of nitrogens with one attached hydrogen (secondary N) is 2. The Kier molecular flexibility index (Phi) is 13.6. The number of rotatable bonds is 19. The zero-order valence-electron chi connectivity index (χ0n) is 32.0. The molecule has 1 aliphatic rings. The normalized spacial score (nSPS) is 17.9. The molecule has 1 aliphatic carbocycles. The van der Waals surface area contributed by atoms with Crippen LogP contribution >= 0.6 is 7.44 Å². The van der Waals surface area contributed by atoms with E-state index in [4.69, 9.17) is 14.2 Å². The van der Waals surface area contributed by atoms with Gasteiger partial charge >= 0.3 is 11.9 Å². The molecule has 3 N–H and O–H groups in total. The molecular formula is C44H53N2O7P. The van der Waals surface area contributed by atoms with Gasteiger partial charge in [0, 0.05) is 11.5 Å². The summed E-state index contributed by atoms with van der Waals surface area (Å²) in [7, 11) is -3.94. The maximum Gasteiger partial charge on any atom is 0.327 e. The molecule has 4 aromatic carbocycles. The number of carbonyl (C=O) groups is 2. The Balaban J connectivity index is 1.47. The second-order valence-corrected chi connectivity index (χ2v) is 16.5. The van der Waals surface area contributed by atoms with Crippen LogP contribution in [0.15, 0.2) is 97.6 Å². The first-order valence-corrected chi connectivity index (χ1v) is 20.6. The summed E-state index contributed by atoms with van der Waals surface area (Å²) in [4.78, 5) is 27.4. The van der Waals surface area contributed by atoms with Crippen LogP contribution in [-0.2, 0) is 36.5 Å². The van der Waals surface area contributed by atoms with Crippen LogP contribution in [0.4, 0.5) is 0 Å². The molecule has 54 heavy (non-hydrogen) atoms. The topological polar surface area (TPSA) is 123 Å². The minimum atomic E-state index is -3.94. The van der Waals surface area contributed by atoms with Crippen LogP contribution in [0, 0.1) is 13.8 Å². The third kappa shape index (κ3) is 10.1. The fourth-order valence-electron chi connectivity index (χ4n) is 6.80. The van der Waals surface area contributed by atoms with Gasteiger partial charge in [-0.15, -0.1) is 0 Å². The van der Waals surface area contributed by atoms with Crippen molar-refractivity contribution in [2.45, 2.75) is 84.2 Å². The van der Waals surface area contributed by atoms with E-state index in [0.29, 0.717) is 37.0 Å². The van der Waals surface area contributed by atoms with Crippen molar-refractivity contribution in [3.8, 4) is 11.5 Å². The quantitative estimate of drug-likeness (QED) is 0.0637. The maximum atomic E-state index is 15.4. The zero-order valence-corrected chi connectivity index (χ0v) is 32.9. The molecular weight excluding hydrogens is 699 g/mol. The van der Waals surface area contributed by atoms with E-state index in [1.165, 1.54) is 0 Å². The Labute approximate surface area is 319 Å². The van der Waals surface area contributed by atoms with E-state index in [1.807, 2.05) is 120 Å². The van der Waals surface area contributed by atoms with Gasteiger partial charge in [-0.05, 0) is 116 Å². The Morgan fingerprint density at radius 2 is 1.54 bits per heavy atom. The number of allylic oxidation sites excluding steroid dienone is 1. The number of ether oxygens (including phenoxy) is 3. The van der Waals surface area contributed by atoms with Crippen LogP contribution in [0.2, 0.25) is 0 Å². The summed E-state index contributed by atoms with van der Waals surface area (Å²) in [6.45, 7) is 14.1. The molecule has 5 rings (SSSR count). The van der Waals surface area contributed by atoms with E-state index in [0.717, 1.165) is 39.0 Å². The van der Waals surface area contributed by atoms with Crippen LogP contribution in [0.5, 0.6) is 11.5 Å². The summed E-state index contributed by atoms with van der Waals surface area (Å²) in [5, 5.41) is 16.7. The zero-order chi connectivity index (χ0) is 38.9. The Morgan fingerprint density at radius 3 is 2.17 bits per heavy atom. The minimum Gasteiger partial charge on any atom is -0.507 e. The Morgan fingerprint density at radius 1 is 0.907 bits per heavy atom. The van der Waals surface area contributed by atoms with Gasteiger partial charge in [-0.1, -0.05) is 87.2 Å². The number of phenols is 1. The van der Waals surface area contributed by atoms with Gasteiger partial charge in [-0.3, -0.25) is 14.2 Å². The monoisotopic (exact) mass is 752 g/mol. The fourth-order valence-corrected chi connectivity index (χ4v) is 9.02. The van der Waals surface area contributed by atoms with Crippen LogP contribution in [0.1, 0.15) is 84.9 Å². The van der Waals surface area contributed by atoms with E-state index in [-0.39, 0.29) is 37.6 Å². The molecule has 1 fully saturated rings. The number of aryl methyl sites for hydroxylation is 2. The van der Waals surface area contributed by atoms with E-state index in [9.17, 15) is 14.7 Å². The van der Waals surface area contributed by atoms with Crippen molar-refractivity contribution < 1.29 is 33.5 Å². The second kappa shape index (κ2) is 18.1. The smallest absolute Gasteiger partial charge is 0.327 e. The molecule has 0 aromatic heterocycles. The predicted octanol–water partition coefficient (Wildman–Crippen LogP) is 8.79. The number of hydrogen-bond donors (Lipinski definition) is 3. The lowest BCUT2D eigenvalue weighted by molar-refractivity contribution is -0.147. The average Bonchev–Trinajstić information content (AvgIpc) is 3.89. The molecule has 0 spiro atoms. The van der Waals surface area contributed by atoms with Crippen molar-refractivity contribution in [1.82, 2.24) is 10.2 Å². The highest BCUT2D eigenvalue weighted by Crippen LogP contribution is 2.57. The summed E-state index contributed by atoms with van der Waals surface area (Å²) in [5.41, 5.74) is 6.04. The average molecular weight is 753 g/mol. The predicted molar refractivity (Wildman–Crippen MR) is 214 cm³/mol. The fraction of sp³-hybridized carbons (Fsp3) is 0.364. The van der Waals surface area contributed by atoms with E-state index < -0.39 is 31.0 Å². The van der Waals surface area contributed by atoms with Gasteiger partial charge in [0.2, 0.25) is 7.44 Å². The van der Waals surface area contributed by atoms with Crippen molar-refractivity contribution in [2.24, 2.45) is 0 Å². The number of aromatic hydroxyl groups is 1. The van der Waals surface area contributed by atoms with Gasteiger partial charge in [0.15, 0.2) is 6.35 Å². The van der Waals surface area contributed by atoms with E-state index in [1.54, 1.807) is 6.07 Å². The van der Waals surface area contributed by atoms with Gasteiger partial charge in [0.25, 0.3) is 0 Å². The van der Waals surface area contributed by atoms with Crippen LogP contribution in [0.25, 0.3) is 5.57 Å². The standard InChI is InChI=1S/C44H53N2O7P/c1-7-21-51-42(48)40(27-33-15-11-9-12-16-33)45-54(50,46-44(43(49)52-22-8-2)28-39(44)35-17-13-10-14-18-35)29-53-36-23-31(5)38(32(6)24-36)26-34-19-20-41(47)37(25-34)30(3)4/h9-20,23-25,39-40,47H,3,7-8,21-22,26-29H2,1-2,4-6H3,(H2,45,46,50)/t39?,40-,44?,54?/m0/s1. The van der Waals surface area contributed by atoms with Crippen molar-refractivity contribution in [3.63, 3.8) is 0 Å². The molecule has 0 saturated heterocycles. The molecule has 4 aromatic rings. The van der Waals surface area contributed by atoms with Gasteiger partial charge < -0.3 is 19.3 Å². The molecule has 1 saturated carbocycles. The van der Waals surface area contributed by atoms with Gasteiger partial charge in [-0.2, -0.15) is 0 Å². The summed E-state index contributed by atoms with van der Waals surface area (Å²) in [6.07, 6.45) is 2.11. The molecule has 0 heterocycles. The van der Waals surface area contributed by atoms with Crippen molar-refractivity contribution in [2.75, 3.05) is 19.6 Å². The first kappa shape index (κ1) is 40.5. The number of benzene rings is 4. The maximum absolute atomic E-state index is 15.4. The van der Waals surface area contributed by atoms with Crippen molar-refractivity contribution in [3.05, 3.63) is 137 Å². The Hall–Kier alpha value is -4.69. The highest BCUT2D eigenvalue weighted by molar-refractivity contribution is 7.59. The van der Waals surface area contributed by atoms with Gasteiger partial charge in [-0.25, -0.2) is 10.2 Å². The van der Waals surface area contributed by atoms with Gasteiger partial charge in [0.1, 0.15) is 23.1 Å². The number of phenolic OH excluding ortho intramolecular Hbond substituents is 1.